The number of aromatic nitrogens is 1. The summed E-state index contributed by atoms with van der Waals surface area (Å²) in [4.78, 5) is 4.09. The predicted octanol–water partition coefficient (Wildman–Crippen LogP) is 2.69. The normalized spacial score (nSPS) is 10.3. The van der Waals surface area contributed by atoms with Gasteiger partial charge >= 0.3 is 0 Å². The van der Waals surface area contributed by atoms with E-state index >= 15 is 0 Å². The molecule has 0 spiro atoms. The zero-order chi connectivity index (χ0) is 12.8. The van der Waals surface area contributed by atoms with E-state index in [2.05, 4.69) is 35.4 Å². The first-order chi connectivity index (χ1) is 8.81. The lowest BCUT2D eigenvalue weighted by molar-refractivity contribution is 0.300. The van der Waals surface area contributed by atoms with Gasteiger partial charge in [-0.2, -0.15) is 0 Å². The van der Waals surface area contributed by atoms with Crippen molar-refractivity contribution >= 4 is 0 Å². The van der Waals surface area contributed by atoms with Gasteiger partial charge in [0.2, 0.25) is 0 Å². The van der Waals surface area contributed by atoms with Crippen LogP contribution in [0.1, 0.15) is 16.7 Å². The van der Waals surface area contributed by atoms with Gasteiger partial charge in [0.15, 0.2) is 0 Å². The summed E-state index contributed by atoms with van der Waals surface area (Å²) in [6.07, 6.45) is 3.60. The molecule has 94 valence electrons. The Labute approximate surface area is 108 Å². The van der Waals surface area contributed by atoms with Gasteiger partial charge in [0.05, 0.1) is 0 Å². The summed E-state index contributed by atoms with van der Waals surface area (Å²) < 4.78 is 5.93. The van der Waals surface area contributed by atoms with Crippen LogP contribution >= 0.6 is 0 Å². The van der Waals surface area contributed by atoms with Crippen molar-refractivity contribution in [3.8, 4) is 5.75 Å². The van der Waals surface area contributed by atoms with Crippen molar-refractivity contribution in [2.24, 2.45) is 0 Å². The molecule has 0 aliphatic carbocycles. The fourth-order valence-electron chi connectivity index (χ4n) is 1.89. The van der Waals surface area contributed by atoms with Crippen LogP contribution in [-0.4, -0.2) is 12.0 Å². The van der Waals surface area contributed by atoms with Crippen LogP contribution in [0.5, 0.6) is 5.75 Å². The zero-order valence-electron chi connectivity index (χ0n) is 10.8. The summed E-state index contributed by atoms with van der Waals surface area (Å²) in [6, 6.07) is 10.1. The molecule has 0 unspecified atom stereocenters. The minimum atomic E-state index is 0.551. The highest BCUT2D eigenvalue weighted by Gasteiger charge is 2.06. The smallest absolute Gasteiger partial charge is 0.127 e. The Bertz CT molecular complexity index is 497. The summed E-state index contributed by atoms with van der Waals surface area (Å²) in [5.41, 5.74) is 3.42. The van der Waals surface area contributed by atoms with E-state index in [1.54, 1.807) is 6.20 Å². The fourth-order valence-corrected chi connectivity index (χ4v) is 1.89. The average Bonchev–Trinajstić information content (AvgIpc) is 2.40. The molecule has 0 fully saturated rings. The van der Waals surface area contributed by atoms with Crippen molar-refractivity contribution in [3.63, 3.8) is 0 Å². The number of aryl methyl sites for hydroxylation is 1. The van der Waals surface area contributed by atoms with E-state index in [4.69, 9.17) is 4.74 Å². The van der Waals surface area contributed by atoms with Gasteiger partial charge in [-0.3, -0.25) is 4.98 Å². The number of nitrogens with one attached hydrogen (secondary N) is 1. The van der Waals surface area contributed by atoms with E-state index in [1.165, 1.54) is 5.56 Å². The molecular weight excluding hydrogens is 224 g/mol. The van der Waals surface area contributed by atoms with Crippen LogP contribution < -0.4 is 10.1 Å². The molecule has 1 aromatic heterocycles. The van der Waals surface area contributed by atoms with Crippen molar-refractivity contribution in [1.82, 2.24) is 10.3 Å². The van der Waals surface area contributed by atoms with E-state index in [1.807, 2.05) is 25.4 Å². The Hall–Kier alpha value is -1.87. The number of pyridine rings is 1. The second-order valence-corrected chi connectivity index (χ2v) is 4.24. The van der Waals surface area contributed by atoms with Crippen molar-refractivity contribution in [2.75, 3.05) is 7.05 Å². The van der Waals surface area contributed by atoms with Gasteiger partial charge in [-0.15, -0.1) is 0 Å². The van der Waals surface area contributed by atoms with Crippen LogP contribution in [0.3, 0.4) is 0 Å². The summed E-state index contributed by atoms with van der Waals surface area (Å²) >= 11 is 0. The SMILES string of the molecule is CNCc1cccc(C)c1OCc1cccnc1. The minimum absolute atomic E-state index is 0.551. The van der Waals surface area contributed by atoms with Gasteiger partial charge < -0.3 is 10.1 Å². The molecule has 0 aliphatic heterocycles. The Morgan fingerprint density at radius 1 is 1.22 bits per heavy atom. The third kappa shape index (κ3) is 3.08. The molecule has 3 heteroatoms. The van der Waals surface area contributed by atoms with Gasteiger partial charge in [-0.25, -0.2) is 0 Å². The summed E-state index contributed by atoms with van der Waals surface area (Å²) in [5, 5.41) is 3.16. The molecule has 2 aromatic rings. The van der Waals surface area contributed by atoms with E-state index in [9.17, 15) is 0 Å². The second-order valence-electron chi connectivity index (χ2n) is 4.24. The number of nitrogens with zero attached hydrogens (tertiary/aromatic N) is 1. The van der Waals surface area contributed by atoms with Crippen LogP contribution in [0.4, 0.5) is 0 Å². The Morgan fingerprint density at radius 2 is 2.11 bits per heavy atom. The highest BCUT2D eigenvalue weighted by molar-refractivity contribution is 5.40. The molecule has 1 N–H and O–H groups in total. The van der Waals surface area contributed by atoms with E-state index in [0.29, 0.717) is 6.61 Å². The van der Waals surface area contributed by atoms with Crippen molar-refractivity contribution in [2.45, 2.75) is 20.1 Å². The molecule has 18 heavy (non-hydrogen) atoms. The van der Waals surface area contributed by atoms with Crippen LogP contribution in [-0.2, 0) is 13.2 Å². The lowest BCUT2D eigenvalue weighted by Gasteiger charge is -2.13. The second kappa shape index (κ2) is 6.17. The highest BCUT2D eigenvalue weighted by Crippen LogP contribution is 2.24. The van der Waals surface area contributed by atoms with Crippen LogP contribution in [0, 0.1) is 6.92 Å². The molecule has 3 nitrogen and oxygen atoms in total. The number of ether oxygens (including phenoxy) is 1. The standard InChI is InChI=1S/C15H18N2O/c1-12-5-3-7-14(10-16-2)15(12)18-11-13-6-4-8-17-9-13/h3-9,16H,10-11H2,1-2H3. The van der Waals surface area contributed by atoms with Crippen LogP contribution in [0.25, 0.3) is 0 Å². The first kappa shape index (κ1) is 12.6. The van der Waals surface area contributed by atoms with Crippen molar-refractivity contribution in [1.29, 1.82) is 0 Å². The highest BCUT2D eigenvalue weighted by atomic mass is 16.5. The maximum atomic E-state index is 5.93. The number of benzene rings is 1. The summed E-state index contributed by atoms with van der Waals surface area (Å²) in [7, 11) is 1.94. The Balaban J connectivity index is 2.13. The van der Waals surface area contributed by atoms with Gasteiger partial charge in [0.25, 0.3) is 0 Å². The molecule has 0 saturated carbocycles. The summed E-state index contributed by atoms with van der Waals surface area (Å²) in [6.45, 7) is 3.43. The lowest BCUT2D eigenvalue weighted by Crippen LogP contribution is -2.08. The minimum Gasteiger partial charge on any atom is -0.488 e. The molecule has 0 bridgehead atoms. The Morgan fingerprint density at radius 3 is 2.83 bits per heavy atom. The third-order valence-corrected chi connectivity index (χ3v) is 2.77. The monoisotopic (exact) mass is 242 g/mol. The number of rotatable bonds is 5. The lowest BCUT2D eigenvalue weighted by atomic mass is 10.1. The summed E-state index contributed by atoms with van der Waals surface area (Å²) in [5.74, 6) is 0.968. The molecule has 0 atom stereocenters. The number of hydrogen-bond donors (Lipinski definition) is 1. The van der Waals surface area contributed by atoms with E-state index in [-0.39, 0.29) is 0 Å². The van der Waals surface area contributed by atoms with Crippen LogP contribution in [0.15, 0.2) is 42.7 Å². The molecule has 0 aliphatic rings. The number of hydrogen-bond acceptors (Lipinski definition) is 3. The predicted molar refractivity (Wildman–Crippen MR) is 72.5 cm³/mol. The van der Waals surface area contributed by atoms with Gasteiger partial charge in [0, 0.05) is 30.1 Å². The Kier molecular flexibility index (Phi) is 4.31. The topological polar surface area (TPSA) is 34.1 Å². The van der Waals surface area contributed by atoms with Crippen LogP contribution in [0.2, 0.25) is 0 Å². The largest absolute Gasteiger partial charge is 0.488 e. The van der Waals surface area contributed by atoms with Gasteiger partial charge in [0.1, 0.15) is 12.4 Å². The molecular formula is C15H18N2O. The molecule has 0 radical (unpaired) electrons. The van der Waals surface area contributed by atoms with E-state index < -0.39 is 0 Å². The molecule has 0 saturated heterocycles. The average molecular weight is 242 g/mol. The quantitative estimate of drug-likeness (QED) is 0.875. The molecule has 1 heterocycles. The van der Waals surface area contributed by atoms with Crippen molar-refractivity contribution < 1.29 is 4.74 Å². The maximum absolute atomic E-state index is 5.93. The maximum Gasteiger partial charge on any atom is 0.127 e. The van der Waals surface area contributed by atoms with Crippen molar-refractivity contribution in [3.05, 3.63) is 59.4 Å². The zero-order valence-corrected chi connectivity index (χ0v) is 10.8. The fraction of sp³-hybridized carbons (Fsp3) is 0.267. The first-order valence-electron chi connectivity index (χ1n) is 6.06. The van der Waals surface area contributed by atoms with E-state index in [0.717, 1.165) is 23.4 Å². The molecule has 2 rings (SSSR count). The molecule has 1 aromatic carbocycles. The van der Waals surface area contributed by atoms with Gasteiger partial charge in [-0.05, 0) is 25.6 Å². The number of para-hydroxylation sites is 1. The first-order valence-corrected chi connectivity index (χ1v) is 6.06. The van der Waals surface area contributed by atoms with Gasteiger partial charge in [-0.1, -0.05) is 24.3 Å². The molecule has 0 amide bonds. The third-order valence-electron chi connectivity index (χ3n) is 2.77.